The third-order valence-electron chi connectivity index (χ3n) is 6.88. The molecule has 3 amide bonds. The first-order valence-corrected chi connectivity index (χ1v) is 12.7. The number of methoxy groups -OCH3 is 1. The summed E-state index contributed by atoms with van der Waals surface area (Å²) in [5.41, 5.74) is 2.18. The minimum absolute atomic E-state index is 0.0688. The highest BCUT2D eigenvalue weighted by Gasteiger charge is 2.38. The van der Waals surface area contributed by atoms with Crippen LogP contribution < -0.4 is 15.4 Å². The second kappa shape index (κ2) is 12.0. The molecular formula is C28H35N3O5. The van der Waals surface area contributed by atoms with Crippen LogP contribution in [0, 0.1) is 6.92 Å². The van der Waals surface area contributed by atoms with E-state index in [1.807, 2.05) is 19.1 Å². The minimum atomic E-state index is -0.975. The number of nitrogens with zero attached hydrogens (tertiary/aromatic N) is 1. The molecule has 1 saturated carbocycles. The van der Waals surface area contributed by atoms with Crippen molar-refractivity contribution in [3.8, 4) is 5.75 Å². The maximum Gasteiger partial charge on any atom is 0.313 e. The van der Waals surface area contributed by atoms with Gasteiger partial charge in [0.15, 0.2) is 0 Å². The van der Waals surface area contributed by atoms with Crippen LogP contribution in [0.5, 0.6) is 5.75 Å². The second-order valence-corrected chi connectivity index (χ2v) is 9.58. The molecule has 2 atom stereocenters. The van der Waals surface area contributed by atoms with Crippen molar-refractivity contribution in [2.24, 2.45) is 0 Å². The summed E-state index contributed by atoms with van der Waals surface area (Å²) in [6.07, 6.45) is 5.36. The quantitative estimate of drug-likeness (QED) is 0.546. The van der Waals surface area contributed by atoms with E-state index in [0.717, 1.165) is 44.1 Å². The number of carbonyl (C=O) groups excluding carboxylic acids is 3. The van der Waals surface area contributed by atoms with E-state index in [1.165, 1.54) is 4.90 Å². The fourth-order valence-electron chi connectivity index (χ4n) is 4.87. The standard InChI is InChI=1S/C28H35N3O5/c1-19-9-13-22(14-10-19)30-27(33)28(34)31(18-24-8-5-17-36-24)25(20-11-15-23(35-2)16-12-20)26(32)29-21-6-3-4-7-21/h9-16,21,24-25H,3-8,17-18H2,1-2H3,(H,29,32)(H,30,33)/t24-,25-/m0/s1. The summed E-state index contributed by atoms with van der Waals surface area (Å²) in [4.78, 5) is 41.8. The van der Waals surface area contributed by atoms with E-state index in [-0.39, 0.29) is 24.6 Å². The van der Waals surface area contributed by atoms with Gasteiger partial charge in [-0.15, -0.1) is 0 Å². The van der Waals surface area contributed by atoms with Gasteiger partial charge in [0.25, 0.3) is 0 Å². The molecule has 2 N–H and O–H groups in total. The molecule has 0 aromatic heterocycles. The predicted octanol–water partition coefficient (Wildman–Crippen LogP) is 3.75. The van der Waals surface area contributed by atoms with Crippen molar-refractivity contribution in [1.29, 1.82) is 0 Å². The summed E-state index contributed by atoms with van der Waals surface area (Å²) in [6.45, 7) is 2.70. The number of amides is 3. The van der Waals surface area contributed by atoms with E-state index in [1.54, 1.807) is 43.5 Å². The number of nitrogens with one attached hydrogen (secondary N) is 2. The van der Waals surface area contributed by atoms with Gasteiger partial charge in [-0.25, -0.2) is 0 Å². The first-order valence-electron chi connectivity index (χ1n) is 12.7. The number of hydrogen-bond donors (Lipinski definition) is 2. The maximum absolute atomic E-state index is 13.7. The van der Waals surface area contributed by atoms with Gasteiger partial charge in [0.2, 0.25) is 5.91 Å². The van der Waals surface area contributed by atoms with Crippen molar-refractivity contribution in [2.45, 2.75) is 63.6 Å². The monoisotopic (exact) mass is 493 g/mol. The Morgan fingerprint density at radius 2 is 1.69 bits per heavy atom. The molecule has 0 radical (unpaired) electrons. The van der Waals surface area contributed by atoms with E-state index in [2.05, 4.69) is 10.6 Å². The van der Waals surface area contributed by atoms with E-state index >= 15 is 0 Å². The van der Waals surface area contributed by atoms with Crippen LogP contribution in [0.3, 0.4) is 0 Å². The van der Waals surface area contributed by atoms with Crippen LogP contribution in [-0.4, -0.2) is 55.0 Å². The fourth-order valence-corrected chi connectivity index (χ4v) is 4.87. The first kappa shape index (κ1) is 25.7. The number of benzene rings is 2. The average Bonchev–Trinajstić information content (AvgIpc) is 3.59. The van der Waals surface area contributed by atoms with Gasteiger partial charge >= 0.3 is 11.8 Å². The SMILES string of the molecule is COc1ccc([C@@H](C(=O)NC2CCCC2)N(C[C@@H]2CCCO2)C(=O)C(=O)Nc2ccc(C)cc2)cc1. The number of aryl methyl sites for hydroxylation is 1. The summed E-state index contributed by atoms with van der Waals surface area (Å²) in [7, 11) is 1.57. The van der Waals surface area contributed by atoms with Gasteiger partial charge in [-0.1, -0.05) is 42.7 Å². The minimum Gasteiger partial charge on any atom is -0.497 e. The third kappa shape index (κ3) is 6.43. The van der Waals surface area contributed by atoms with Crippen molar-refractivity contribution in [3.63, 3.8) is 0 Å². The van der Waals surface area contributed by atoms with Crippen LogP contribution in [0.1, 0.15) is 55.7 Å². The van der Waals surface area contributed by atoms with Gasteiger partial charge in [0.1, 0.15) is 11.8 Å². The summed E-state index contributed by atoms with van der Waals surface area (Å²) in [5, 5.41) is 5.81. The Bertz CT molecular complexity index is 1040. The topological polar surface area (TPSA) is 97.0 Å². The molecule has 2 aliphatic rings. The van der Waals surface area contributed by atoms with Crippen LogP contribution >= 0.6 is 0 Å². The Kier molecular flexibility index (Phi) is 8.59. The Balaban J connectivity index is 1.64. The highest BCUT2D eigenvalue weighted by Crippen LogP contribution is 2.28. The van der Waals surface area contributed by atoms with Crippen LogP contribution in [-0.2, 0) is 19.1 Å². The molecule has 1 aliphatic carbocycles. The highest BCUT2D eigenvalue weighted by molar-refractivity contribution is 6.40. The molecule has 8 nitrogen and oxygen atoms in total. The van der Waals surface area contributed by atoms with E-state index in [9.17, 15) is 14.4 Å². The molecule has 1 heterocycles. The van der Waals surface area contributed by atoms with E-state index in [0.29, 0.717) is 23.6 Å². The Hall–Kier alpha value is -3.39. The average molecular weight is 494 g/mol. The van der Waals surface area contributed by atoms with Crippen molar-refractivity contribution >= 4 is 23.4 Å². The molecule has 0 spiro atoms. The molecular weight excluding hydrogens is 458 g/mol. The molecule has 192 valence electrons. The largest absolute Gasteiger partial charge is 0.497 e. The molecule has 1 saturated heterocycles. The summed E-state index contributed by atoms with van der Waals surface area (Å²) >= 11 is 0. The van der Waals surface area contributed by atoms with Gasteiger partial charge in [0.05, 0.1) is 13.2 Å². The summed E-state index contributed by atoms with van der Waals surface area (Å²) in [5.74, 6) is -1.21. The molecule has 2 aromatic rings. The number of ether oxygens (including phenoxy) is 2. The fraction of sp³-hybridized carbons (Fsp3) is 0.464. The smallest absolute Gasteiger partial charge is 0.313 e. The second-order valence-electron chi connectivity index (χ2n) is 9.58. The van der Waals surface area contributed by atoms with Crippen molar-refractivity contribution in [3.05, 3.63) is 59.7 Å². The Labute approximate surface area is 212 Å². The van der Waals surface area contributed by atoms with Crippen LogP contribution in [0.2, 0.25) is 0 Å². The molecule has 4 rings (SSSR count). The maximum atomic E-state index is 13.7. The molecule has 0 unspecified atom stereocenters. The van der Waals surface area contributed by atoms with Crippen molar-refractivity contribution in [1.82, 2.24) is 10.2 Å². The zero-order chi connectivity index (χ0) is 25.5. The molecule has 1 aliphatic heterocycles. The lowest BCUT2D eigenvalue weighted by molar-refractivity contribution is -0.149. The molecule has 2 aromatic carbocycles. The lowest BCUT2D eigenvalue weighted by Gasteiger charge is -2.33. The summed E-state index contributed by atoms with van der Waals surface area (Å²) in [6, 6.07) is 13.4. The Morgan fingerprint density at radius 3 is 2.31 bits per heavy atom. The van der Waals surface area contributed by atoms with Crippen molar-refractivity contribution in [2.75, 3.05) is 25.6 Å². The molecule has 0 bridgehead atoms. The molecule has 36 heavy (non-hydrogen) atoms. The third-order valence-corrected chi connectivity index (χ3v) is 6.88. The predicted molar refractivity (Wildman–Crippen MR) is 137 cm³/mol. The van der Waals surface area contributed by atoms with Crippen LogP contribution in [0.15, 0.2) is 48.5 Å². The van der Waals surface area contributed by atoms with Gasteiger partial charge in [-0.05, 0) is 62.4 Å². The number of rotatable bonds is 8. The Morgan fingerprint density at radius 1 is 1.00 bits per heavy atom. The van der Waals surface area contributed by atoms with Gasteiger partial charge in [0, 0.05) is 24.9 Å². The normalized spacial score (nSPS) is 18.4. The molecule has 2 fully saturated rings. The summed E-state index contributed by atoms with van der Waals surface area (Å²) < 4.78 is 11.1. The lowest BCUT2D eigenvalue weighted by Crippen LogP contribution is -2.51. The molecule has 8 heteroatoms. The number of carbonyl (C=O) groups is 3. The van der Waals surface area contributed by atoms with Crippen LogP contribution in [0.25, 0.3) is 0 Å². The number of hydrogen-bond acceptors (Lipinski definition) is 5. The van der Waals surface area contributed by atoms with Crippen molar-refractivity contribution < 1.29 is 23.9 Å². The lowest BCUT2D eigenvalue weighted by atomic mass is 10.0. The highest BCUT2D eigenvalue weighted by atomic mass is 16.5. The van der Waals surface area contributed by atoms with Crippen LogP contribution in [0.4, 0.5) is 5.69 Å². The number of anilines is 1. The first-order chi connectivity index (χ1) is 17.4. The van der Waals surface area contributed by atoms with E-state index < -0.39 is 17.9 Å². The van der Waals surface area contributed by atoms with Gasteiger partial charge in [-0.2, -0.15) is 0 Å². The van der Waals surface area contributed by atoms with Gasteiger partial charge in [-0.3, -0.25) is 14.4 Å². The van der Waals surface area contributed by atoms with E-state index in [4.69, 9.17) is 9.47 Å². The zero-order valence-corrected chi connectivity index (χ0v) is 21.0. The van der Waals surface area contributed by atoms with Gasteiger partial charge < -0.3 is 25.0 Å². The zero-order valence-electron chi connectivity index (χ0n) is 21.0.